The molecule has 2 unspecified atom stereocenters. The van der Waals surface area contributed by atoms with Crippen LogP contribution in [0.3, 0.4) is 0 Å². The Morgan fingerprint density at radius 2 is 2.15 bits per heavy atom. The summed E-state index contributed by atoms with van der Waals surface area (Å²) in [5, 5.41) is 23.1. The smallest absolute Gasteiger partial charge is 0.258 e. The highest BCUT2D eigenvalue weighted by atomic mass is 16.5. The third-order valence-electron chi connectivity index (χ3n) is 6.25. The number of hydrogen-bond acceptors (Lipinski definition) is 7. The van der Waals surface area contributed by atoms with Crippen LogP contribution in [0.25, 0.3) is 22.8 Å². The first-order chi connectivity index (χ1) is 16.0. The van der Waals surface area contributed by atoms with Crippen LogP contribution in [0.1, 0.15) is 43.0 Å². The van der Waals surface area contributed by atoms with Gasteiger partial charge in [0.1, 0.15) is 11.8 Å². The molecule has 1 fully saturated rings. The molecule has 1 aromatic heterocycles. The number of benzene rings is 2. The lowest BCUT2D eigenvalue weighted by atomic mass is 10.0. The van der Waals surface area contributed by atoms with Crippen molar-refractivity contribution in [1.29, 1.82) is 5.26 Å². The number of hydrogen-bond donors (Lipinski definition) is 1. The molecule has 2 aliphatic rings. The Balaban J connectivity index is 1.48. The second-order valence-electron chi connectivity index (χ2n) is 8.71. The van der Waals surface area contributed by atoms with Crippen molar-refractivity contribution in [1.82, 2.24) is 15.0 Å². The molecule has 2 aromatic carbocycles. The number of rotatable bonds is 6. The van der Waals surface area contributed by atoms with Crippen molar-refractivity contribution in [2.45, 2.75) is 38.8 Å². The Labute approximate surface area is 191 Å². The maximum Gasteiger partial charge on any atom is 0.258 e. The van der Waals surface area contributed by atoms with Gasteiger partial charge in [0.25, 0.3) is 5.89 Å². The van der Waals surface area contributed by atoms with Crippen molar-refractivity contribution in [3.05, 3.63) is 53.1 Å². The highest BCUT2D eigenvalue weighted by Crippen LogP contribution is 2.49. The minimum atomic E-state index is -0.0529. The number of nitrogens with zero attached hydrogens (tertiary/aromatic N) is 4. The predicted molar refractivity (Wildman–Crippen MR) is 119 cm³/mol. The quantitative estimate of drug-likeness (QED) is 0.619. The van der Waals surface area contributed by atoms with E-state index < -0.39 is 0 Å². The van der Waals surface area contributed by atoms with E-state index in [1.54, 1.807) is 17.0 Å². The zero-order valence-electron chi connectivity index (χ0n) is 18.5. The first kappa shape index (κ1) is 21.2. The number of nitriles is 1. The van der Waals surface area contributed by atoms with Gasteiger partial charge < -0.3 is 19.3 Å². The van der Waals surface area contributed by atoms with Gasteiger partial charge in [-0.15, -0.1) is 0 Å². The summed E-state index contributed by atoms with van der Waals surface area (Å²) in [4.78, 5) is 18.8. The van der Waals surface area contributed by atoms with Gasteiger partial charge in [-0.1, -0.05) is 17.3 Å². The van der Waals surface area contributed by atoms with E-state index in [1.165, 1.54) is 0 Å². The molecule has 2 atom stereocenters. The molecule has 8 nitrogen and oxygen atoms in total. The predicted octanol–water partition coefficient (Wildman–Crippen LogP) is 3.50. The van der Waals surface area contributed by atoms with Gasteiger partial charge in [-0.25, -0.2) is 0 Å². The van der Waals surface area contributed by atoms with Gasteiger partial charge in [0.15, 0.2) is 0 Å². The zero-order valence-corrected chi connectivity index (χ0v) is 18.5. The Kier molecular flexibility index (Phi) is 5.35. The van der Waals surface area contributed by atoms with E-state index in [1.807, 2.05) is 38.1 Å². The normalized spacial score (nSPS) is 19.0. The highest BCUT2D eigenvalue weighted by Gasteiger charge is 2.46. The van der Waals surface area contributed by atoms with Gasteiger partial charge in [-0.2, -0.15) is 10.2 Å². The molecule has 8 heteroatoms. The minimum Gasteiger partial charge on any atom is -0.490 e. The fourth-order valence-electron chi connectivity index (χ4n) is 4.98. The van der Waals surface area contributed by atoms with Crippen molar-refractivity contribution >= 4 is 5.91 Å². The molecule has 0 radical (unpaired) electrons. The van der Waals surface area contributed by atoms with E-state index in [4.69, 9.17) is 9.26 Å². The fourth-order valence-corrected chi connectivity index (χ4v) is 4.98. The van der Waals surface area contributed by atoms with Crippen LogP contribution in [0.2, 0.25) is 0 Å². The maximum absolute atomic E-state index is 12.4. The standard InChI is InChI=1S/C25H24N4O4/c1-14(2)32-21-7-6-15(10-17(21)13-26)24-27-25(33-28-24)19-5-3-4-18-20(19)11-16-12-22(31)29(8-9-30)23(16)18/h3-7,10,14,16,23,30H,8-9,11-12H2,1-2H3. The summed E-state index contributed by atoms with van der Waals surface area (Å²) in [6.45, 7) is 4.10. The summed E-state index contributed by atoms with van der Waals surface area (Å²) < 4.78 is 11.3. The average molecular weight is 444 g/mol. The maximum atomic E-state index is 12.4. The molecule has 1 amide bonds. The summed E-state index contributed by atoms with van der Waals surface area (Å²) in [6.07, 6.45) is 1.19. The largest absolute Gasteiger partial charge is 0.490 e. The number of likely N-dealkylation sites (tertiary alicyclic amines) is 1. The molecule has 1 aliphatic carbocycles. The van der Waals surface area contributed by atoms with Gasteiger partial charge in [0, 0.05) is 24.1 Å². The Morgan fingerprint density at radius 3 is 2.91 bits per heavy atom. The van der Waals surface area contributed by atoms with E-state index in [0.717, 1.165) is 23.1 Å². The summed E-state index contributed by atoms with van der Waals surface area (Å²) in [5.41, 5.74) is 4.13. The molecule has 0 bridgehead atoms. The van der Waals surface area contributed by atoms with Crippen LogP contribution in [0.5, 0.6) is 5.75 Å². The third-order valence-corrected chi connectivity index (χ3v) is 6.25. The van der Waals surface area contributed by atoms with Crippen LogP contribution >= 0.6 is 0 Å². The van der Waals surface area contributed by atoms with Crippen LogP contribution in [0, 0.1) is 17.2 Å². The van der Waals surface area contributed by atoms with E-state index in [2.05, 4.69) is 16.2 Å². The van der Waals surface area contributed by atoms with Crippen molar-refractivity contribution in [3.63, 3.8) is 0 Å². The lowest BCUT2D eigenvalue weighted by Crippen LogP contribution is -2.30. The van der Waals surface area contributed by atoms with Crippen LogP contribution < -0.4 is 4.74 Å². The third kappa shape index (κ3) is 3.64. The van der Waals surface area contributed by atoms with Gasteiger partial charge >= 0.3 is 0 Å². The molecule has 1 saturated heterocycles. The number of amides is 1. The molecule has 2 heterocycles. The number of carbonyl (C=O) groups excluding carboxylic acids is 1. The van der Waals surface area contributed by atoms with E-state index in [9.17, 15) is 15.2 Å². The molecule has 33 heavy (non-hydrogen) atoms. The van der Waals surface area contributed by atoms with Gasteiger partial charge in [-0.05, 0) is 61.6 Å². The van der Waals surface area contributed by atoms with Crippen LogP contribution in [-0.2, 0) is 11.2 Å². The number of ether oxygens (including phenoxy) is 1. The van der Waals surface area contributed by atoms with Crippen molar-refractivity contribution in [3.8, 4) is 34.7 Å². The minimum absolute atomic E-state index is 0.0197. The van der Waals surface area contributed by atoms with Crippen LogP contribution in [0.15, 0.2) is 40.9 Å². The second-order valence-corrected chi connectivity index (χ2v) is 8.71. The summed E-state index contributed by atoms with van der Waals surface area (Å²) in [5.74, 6) is 1.60. The molecule has 3 aromatic rings. The highest BCUT2D eigenvalue weighted by molar-refractivity contribution is 5.81. The molecule has 0 saturated carbocycles. The first-order valence-corrected chi connectivity index (χ1v) is 11.1. The lowest BCUT2D eigenvalue weighted by molar-refractivity contribution is -0.129. The second kappa shape index (κ2) is 8.34. The fraction of sp³-hybridized carbons (Fsp3) is 0.360. The summed E-state index contributed by atoms with van der Waals surface area (Å²) >= 11 is 0. The van der Waals surface area contributed by atoms with E-state index in [0.29, 0.717) is 41.6 Å². The van der Waals surface area contributed by atoms with E-state index in [-0.39, 0.29) is 30.6 Å². The molecule has 0 spiro atoms. The average Bonchev–Trinajstić information content (AvgIpc) is 3.49. The molecule has 5 rings (SSSR count). The topological polar surface area (TPSA) is 112 Å². The Hall–Kier alpha value is -3.70. The van der Waals surface area contributed by atoms with Crippen molar-refractivity contribution < 1.29 is 19.2 Å². The number of aliphatic hydroxyl groups is 1. The Bertz CT molecular complexity index is 1260. The monoisotopic (exact) mass is 444 g/mol. The number of aromatic nitrogens is 2. The number of aliphatic hydroxyl groups excluding tert-OH is 1. The molecule has 1 aliphatic heterocycles. The molecule has 1 N–H and O–H groups in total. The Morgan fingerprint density at radius 1 is 1.30 bits per heavy atom. The van der Waals surface area contributed by atoms with Crippen LogP contribution in [0.4, 0.5) is 0 Å². The SMILES string of the molecule is CC(C)Oc1ccc(-c2noc(-c3cccc4c3CC3CC(=O)N(CCO)C43)n2)cc1C#N. The number of fused-ring (bicyclic) bond motifs is 3. The molecular weight excluding hydrogens is 420 g/mol. The van der Waals surface area contributed by atoms with Gasteiger partial charge in [0.2, 0.25) is 11.7 Å². The van der Waals surface area contributed by atoms with Gasteiger partial charge in [-0.3, -0.25) is 4.79 Å². The zero-order chi connectivity index (χ0) is 23.1. The van der Waals surface area contributed by atoms with Gasteiger partial charge in [0.05, 0.1) is 24.3 Å². The van der Waals surface area contributed by atoms with E-state index >= 15 is 0 Å². The lowest BCUT2D eigenvalue weighted by Gasteiger charge is -2.24. The summed E-state index contributed by atoms with van der Waals surface area (Å²) in [6, 6.07) is 13.3. The molecule has 168 valence electrons. The summed E-state index contributed by atoms with van der Waals surface area (Å²) in [7, 11) is 0. The first-order valence-electron chi connectivity index (χ1n) is 11.1. The van der Waals surface area contributed by atoms with Crippen molar-refractivity contribution in [2.75, 3.05) is 13.2 Å². The van der Waals surface area contributed by atoms with Crippen LogP contribution in [-0.4, -0.2) is 45.3 Å². The van der Waals surface area contributed by atoms with Crippen molar-refractivity contribution in [2.24, 2.45) is 5.92 Å². The molecular formula is C25H24N4O4. The number of β-amino-alcohol motifs (C(OH)–C–C–N with tert-alkyl or cyclic N) is 1. The number of carbonyl (C=O) groups is 1.